The SMILES string of the molecule is CN(C(=S)CCCCc1nnnn1C)c1ccccc1. The van der Waals surface area contributed by atoms with Gasteiger partial charge in [0.05, 0.1) is 4.99 Å². The molecule has 0 amide bonds. The zero-order chi connectivity index (χ0) is 14.4. The Labute approximate surface area is 124 Å². The first kappa shape index (κ1) is 14.6. The molecule has 0 saturated heterocycles. The molecule has 0 aliphatic carbocycles. The highest BCUT2D eigenvalue weighted by Crippen LogP contribution is 2.14. The van der Waals surface area contributed by atoms with Gasteiger partial charge in [0.25, 0.3) is 0 Å². The van der Waals surface area contributed by atoms with Crippen molar-refractivity contribution in [2.24, 2.45) is 7.05 Å². The number of tetrazole rings is 1. The van der Waals surface area contributed by atoms with Crippen LogP contribution in [0.4, 0.5) is 5.69 Å². The van der Waals surface area contributed by atoms with Gasteiger partial charge >= 0.3 is 0 Å². The van der Waals surface area contributed by atoms with Crippen LogP contribution in [0.15, 0.2) is 30.3 Å². The second-order valence-corrected chi connectivity index (χ2v) is 5.19. The quantitative estimate of drug-likeness (QED) is 0.603. The van der Waals surface area contributed by atoms with Gasteiger partial charge in [-0.25, -0.2) is 4.68 Å². The maximum atomic E-state index is 5.48. The molecule has 6 heteroatoms. The van der Waals surface area contributed by atoms with Crippen molar-refractivity contribution in [3.05, 3.63) is 36.2 Å². The van der Waals surface area contributed by atoms with Crippen molar-refractivity contribution in [1.29, 1.82) is 0 Å². The van der Waals surface area contributed by atoms with E-state index in [4.69, 9.17) is 12.2 Å². The van der Waals surface area contributed by atoms with E-state index in [1.807, 2.05) is 32.3 Å². The molecule has 1 aromatic carbocycles. The van der Waals surface area contributed by atoms with Gasteiger partial charge in [0.1, 0.15) is 0 Å². The van der Waals surface area contributed by atoms with E-state index in [0.717, 1.165) is 42.2 Å². The molecule has 0 atom stereocenters. The van der Waals surface area contributed by atoms with Crippen molar-refractivity contribution in [3.8, 4) is 0 Å². The van der Waals surface area contributed by atoms with E-state index in [1.54, 1.807) is 4.68 Å². The van der Waals surface area contributed by atoms with Crippen LogP contribution >= 0.6 is 12.2 Å². The molecule has 0 saturated carbocycles. The molecule has 5 nitrogen and oxygen atoms in total. The van der Waals surface area contributed by atoms with Crippen molar-refractivity contribution in [3.63, 3.8) is 0 Å². The van der Waals surface area contributed by atoms with Crippen molar-refractivity contribution >= 4 is 22.9 Å². The zero-order valence-corrected chi connectivity index (χ0v) is 12.7. The van der Waals surface area contributed by atoms with Crippen molar-refractivity contribution in [2.45, 2.75) is 25.7 Å². The standard InChI is InChI=1S/C14H19N5S/c1-18(12-8-4-3-5-9-12)14(20)11-7-6-10-13-15-16-17-19(13)2/h3-5,8-9H,6-7,10-11H2,1-2H3. The predicted octanol–water partition coefficient (Wildman–Crippen LogP) is 2.39. The van der Waals surface area contributed by atoms with Crippen LogP contribution in [-0.2, 0) is 13.5 Å². The Bertz CT molecular complexity index is 552. The molecule has 0 aliphatic rings. The summed E-state index contributed by atoms with van der Waals surface area (Å²) in [5.74, 6) is 0.923. The number of nitrogens with zero attached hydrogens (tertiary/aromatic N) is 5. The number of para-hydroxylation sites is 1. The van der Waals surface area contributed by atoms with E-state index in [0.29, 0.717) is 0 Å². The molecule has 1 heterocycles. The summed E-state index contributed by atoms with van der Waals surface area (Å²) in [5.41, 5.74) is 1.13. The van der Waals surface area contributed by atoms with Gasteiger partial charge in [0.15, 0.2) is 5.82 Å². The van der Waals surface area contributed by atoms with Gasteiger partial charge in [0.2, 0.25) is 0 Å². The molecule has 0 radical (unpaired) electrons. The van der Waals surface area contributed by atoms with Gasteiger partial charge < -0.3 is 4.90 Å². The van der Waals surface area contributed by atoms with Crippen LogP contribution in [0.25, 0.3) is 0 Å². The molecular weight excluding hydrogens is 270 g/mol. The lowest BCUT2D eigenvalue weighted by molar-refractivity contribution is 0.648. The normalized spacial score (nSPS) is 10.5. The van der Waals surface area contributed by atoms with Gasteiger partial charge in [0, 0.05) is 26.2 Å². The minimum absolute atomic E-state index is 0.890. The minimum atomic E-state index is 0.890. The van der Waals surface area contributed by atoms with Crippen LogP contribution in [0.3, 0.4) is 0 Å². The fraction of sp³-hybridized carbons (Fsp3) is 0.429. The molecule has 106 valence electrons. The first-order chi connectivity index (χ1) is 9.68. The number of aryl methyl sites for hydroxylation is 2. The van der Waals surface area contributed by atoms with Crippen LogP contribution in [0.1, 0.15) is 25.1 Å². The zero-order valence-electron chi connectivity index (χ0n) is 11.9. The number of hydrogen-bond acceptors (Lipinski definition) is 4. The summed E-state index contributed by atoms with van der Waals surface area (Å²) in [5, 5.41) is 11.4. The number of thiocarbonyl (C=S) groups is 1. The van der Waals surface area contributed by atoms with Gasteiger partial charge in [-0.2, -0.15) is 0 Å². The Kier molecular flexibility index (Phi) is 5.17. The van der Waals surface area contributed by atoms with Gasteiger partial charge in [-0.1, -0.05) is 30.4 Å². The molecular formula is C14H19N5S. The molecule has 2 aromatic rings. The number of rotatable bonds is 6. The van der Waals surface area contributed by atoms with E-state index < -0.39 is 0 Å². The predicted molar refractivity (Wildman–Crippen MR) is 83.8 cm³/mol. The van der Waals surface area contributed by atoms with E-state index >= 15 is 0 Å². The molecule has 0 spiro atoms. The summed E-state index contributed by atoms with van der Waals surface area (Å²) in [7, 11) is 3.88. The summed E-state index contributed by atoms with van der Waals surface area (Å²) >= 11 is 5.48. The second kappa shape index (κ2) is 7.09. The number of unbranched alkanes of at least 4 members (excludes halogenated alkanes) is 1. The lowest BCUT2D eigenvalue weighted by Gasteiger charge is -2.20. The molecule has 0 aliphatic heterocycles. The van der Waals surface area contributed by atoms with E-state index in [9.17, 15) is 0 Å². The fourth-order valence-electron chi connectivity index (χ4n) is 1.98. The van der Waals surface area contributed by atoms with Crippen molar-refractivity contribution in [2.75, 3.05) is 11.9 Å². The first-order valence-electron chi connectivity index (χ1n) is 6.71. The topological polar surface area (TPSA) is 46.8 Å². The lowest BCUT2D eigenvalue weighted by Crippen LogP contribution is -2.24. The van der Waals surface area contributed by atoms with Gasteiger partial charge in [-0.05, 0) is 41.8 Å². The van der Waals surface area contributed by atoms with E-state index in [-0.39, 0.29) is 0 Å². The van der Waals surface area contributed by atoms with E-state index in [1.165, 1.54) is 0 Å². The number of benzene rings is 1. The Morgan fingerprint density at radius 2 is 2.00 bits per heavy atom. The maximum Gasteiger partial charge on any atom is 0.150 e. The third kappa shape index (κ3) is 3.84. The first-order valence-corrected chi connectivity index (χ1v) is 7.12. The molecule has 20 heavy (non-hydrogen) atoms. The Morgan fingerprint density at radius 3 is 2.65 bits per heavy atom. The molecule has 0 N–H and O–H groups in total. The van der Waals surface area contributed by atoms with Crippen molar-refractivity contribution < 1.29 is 0 Å². The van der Waals surface area contributed by atoms with Crippen LogP contribution in [0.2, 0.25) is 0 Å². The largest absolute Gasteiger partial charge is 0.339 e. The molecule has 0 fully saturated rings. The Hall–Kier alpha value is -1.82. The molecule has 1 aromatic heterocycles. The molecule has 0 bridgehead atoms. The third-order valence-corrected chi connectivity index (χ3v) is 3.74. The second-order valence-electron chi connectivity index (χ2n) is 4.71. The third-order valence-electron chi connectivity index (χ3n) is 3.27. The molecule has 2 rings (SSSR count). The fourth-order valence-corrected chi connectivity index (χ4v) is 2.23. The Balaban J connectivity index is 1.74. The molecule has 0 unspecified atom stereocenters. The highest BCUT2D eigenvalue weighted by Gasteiger charge is 2.07. The smallest absolute Gasteiger partial charge is 0.150 e. The van der Waals surface area contributed by atoms with Crippen LogP contribution in [-0.4, -0.2) is 32.2 Å². The highest BCUT2D eigenvalue weighted by atomic mass is 32.1. The number of aromatic nitrogens is 4. The van der Waals surface area contributed by atoms with Gasteiger partial charge in [-0.15, -0.1) is 5.10 Å². The summed E-state index contributed by atoms with van der Waals surface area (Å²) < 4.78 is 1.72. The van der Waals surface area contributed by atoms with Crippen molar-refractivity contribution in [1.82, 2.24) is 20.2 Å². The average molecular weight is 289 g/mol. The summed E-state index contributed by atoms with van der Waals surface area (Å²) in [6.07, 6.45) is 3.88. The summed E-state index contributed by atoms with van der Waals surface area (Å²) in [6.45, 7) is 0. The summed E-state index contributed by atoms with van der Waals surface area (Å²) in [6, 6.07) is 10.2. The van der Waals surface area contributed by atoms with Crippen LogP contribution < -0.4 is 4.90 Å². The van der Waals surface area contributed by atoms with Crippen LogP contribution in [0, 0.1) is 0 Å². The maximum absolute atomic E-state index is 5.48. The van der Waals surface area contributed by atoms with Crippen LogP contribution in [0.5, 0.6) is 0 Å². The number of hydrogen-bond donors (Lipinski definition) is 0. The lowest BCUT2D eigenvalue weighted by atomic mass is 10.1. The highest BCUT2D eigenvalue weighted by molar-refractivity contribution is 7.80. The van der Waals surface area contributed by atoms with E-state index in [2.05, 4.69) is 32.6 Å². The monoisotopic (exact) mass is 289 g/mol. The van der Waals surface area contributed by atoms with Gasteiger partial charge in [-0.3, -0.25) is 0 Å². The Morgan fingerprint density at radius 1 is 1.25 bits per heavy atom. The number of anilines is 1. The summed E-state index contributed by atoms with van der Waals surface area (Å²) in [4.78, 5) is 3.03. The minimum Gasteiger partial charge on any atom is -0.339 e. The average Bonchev–Trinajstić information content (AvgIpc) is 2.89.